The smallest absolute Gasteiger partial charge is 0.241 e. The Kier molecular flexibility index (Phi) is 7.23. The molecule has 0 aromatic heterocycles. The molecule has 0 unspecified atom stereocenters. The van der Waals surface area contributed by atoms with E-state index in [-0.39, 0.29) is 11.8 Å². The summed E-state index contributed by atoms with van der Waals surface area (Å²) in [6.45, 7) is 5.50. The second-order valence-electron chi connectivity index (χ2n) is 3.92. The van der Waals surface area contributed by atoms with Crippen LogP contribution < -0.4 is 0 Å². The van der Waals surface area contributed by atoms with Crippen LogP contribution in [0.4, 0.5) is 0 Å². The predicted molar refractivity (Wildman–Crippen MR) is 79.0 cm³/mol. The minimum atomic E-state index is -0.113. The predicted octanol–water partition coefficient (Wildman–Crippen LogP) is 3.15. The van der Waals surface area contributed by atoms with Gasteiger partial charge in [-0.1, -0.05) is 36.4 Å². The molecule has 0 spiro atoms. The van der Waals surface area contributed by atoms with Crippen molar-refractivity contribution in [3.05, 3.63) is 42.0 Å². The first-order valence-corrected chi connectivity index (χ1v) is 6.93. The number of allylic oxidation sites excluding steroid dienone is 1. The molecule has 1 amide bonds. The normalized spacial score (nSPS) is 11.4. The van der Waals surface area contributed by atoms with Gasteiger partial charge in [0, 0.05) is 18.8 Å². The van der Waals surface area contributed by atoms with Gasteiger partial charge in [-0.2, -0.15) is 0 Å². The number of benzene rings is 1. The molecular weight excluding hydrogens is 262 g/mol. The molecule has 0 fully saturated rings. The van der Waals surface area contributed by atoms with Crippen molar-refractivity contribution >= 4 is 23.2 Å². The fourth-order valence-corrected chi connectivity index (χ4v) is 1.98. The fourth-order valence-electron chi connectivity index (χ4n) is 1.84. The number of nitrogens with zero attached hydrogens (tertiary/aromatic N) is 1. The fraction of sp³-hybridized carbons (Fsp3) is 0.400. The largest absolute Gasteiger partial charge is 0.380 e. The van der Waals surface area contributed by atoms with Crippen LogP contribution >= 0.6 is 11.6 Å². The molecule has 19 heavy (non-hydrogen) atoms. The third kappa shape index (κ3) is 4.69. The molecule has 0 atom stereocenters. The van der Waals surface area contributed by atoms with Crippen LogP contribution in [0.25, 0.3) is 5.70 Å². The van der Waals surface area contributed by atoms with Crippen LogP contribution in [0, 0.1) is 0 Å². The number of hydrogen-bond donors (Lipinski definition) is 0. The van der Waals surface area contributed by atoms with Crippen molar-refractivity contribution in [2.45, 2.75) is 13.8 Å². The molecule has 1 aromatic carbocycles. The van der Waals surface area contributed by atoms with Crippen LogP contribution in [0.2, 0.25) is 0 Å². The second-order valence-corrected chi connectivity index (χ2v) is 4.18. The van der Waals surface area contributed by atoms with Gasteiger partial charge in [0.25, 0.3) is 0 Å². The first-order chi connectivity index (χ1) is 9.24. The molecule has 0 N–H and O–H groups in total. The van der Waals surface area contributed by atoms with Gasteiger partial charge in [-0.15, -0.1) is 11.6 Å². The molecule has 0 aliphatic rings. The van der Waals surface area contributed by atoms with Crippen LogP contribution in [0.15, 0.2) is 36.4 Å². The number of halogens is 1. The number of alkyl halides is 1. The molecule has 0 saturated carbocycles. The van der Waals surface area contributed by atoms with E-state index in [1.807, 2.05) is 50.3 Å². The molecule has 0 heterocycles. The van der Waals surface area contributed by atoms with E-state index >= 15 is 0 Å². The zero-order chi connectivity index (χ0) is 14.1. The summed E-state index contributed by atoms with van der Waals surface area (Å²) in [6.07, 6.45) is 1.92. The van der Waals surface area contributed by atoms with Gasteiger partial charge in [0.05, 0.1) is 6.61 Å². The summed E-state index contributed by atoms with van der Waals surface area (Å²) in [5, 5.41) is 0. The highest BCUT2D eigenvalue weighted by Gasteiger charge is 2.17. The molecule has 104 valence electrons. The Morgan fingerprint density at radius 1 is 1.37 bits per heavy atom. The maximum Gasteiger partial charge on any atom is 0.241 e. The number of carbonyl (C=O) groups is 1. The summed E-state index contributed by atoms with van der Waals surface area (Å²) < 4.78 is 5.32. The van der Waals surface area contributed by atoms with Gasteiger partial charge in [-0.05, 0) is 19.4 Å². The average molecular weight is 282 g/mol. The number of ether oxygens (including phenoxy) is 1. The molecule has 0 radical (unpaired) electrons. The number of rotatable bonds is 7. The molecule has 0 aliphatic heterocycles. The standard InChI is InChI=1S/C15H20ClNO2/c1-3-14(13-8-6-5-7-9-13)17(15(18)12-16)10-11-19-4-2/h3,5-9H,4,10-12H2,1-2H3/b14-3-. The van der Waals surface area contributed by atoms with Gasteiger partial charge in [0.15, 0.2) is 0 Å². The Balaban J connectivity index is 2.91. The highest BCUT2D eigenvalue weighted by atomic mass is 35.5. The van der Waals surface area contributed by atoms with E-state index in [2.05, 4.69) is 0 Å². The molecule has 1 aromatic rings. The summed E-state index contributed by atoms with van der Waals surface area (Å²) in [5.41, 5.74) is 1.87. The summed E-state index contributed by atoms with van der Waals surface area (Å²) in [5.74, 6) is -0.144. The van der Waals surface area contributed by atoms with Gasteiger partial charge in [-0.3, -0.25) is 4.79 Å². The van der Waals surface area contributed by atoms with Crippen molar-refractivity contribution in [1.82, 2.24) is 4.90 Å². The molecular formula is C15H20ClNO2. The monoisotopic (exact) mass is 281 g/mol. The van der Waals surface area contributed by atoms with E-state index in [0.29, 0.717) is 19.8 Å². The van der Waals surface area contributed by atoms with Crippen molar-refractivity contribution in [2.24, 2.45) is 0 Å². The maximum absolute atomic E-state index is 12.0. The average Bonchev–Trinajstić information content (AvgIpc) is 2.47. The van der Waals surface area contributed by atoms with Gasteiger partial charge in [0.2, 0.25) is 5.91 Å². The zero-order valence-electron chi connectivity index (χ0n) is 11.4. The number of hydrogen-bond acceptors (Lipinski definition) is 2. The van der Waals surface area contributed by atoms with Gasteiger partial charge < -0.3 is 9.64 Å². The van der Waals surface area contributed by atoms with E-state index in [1.54, 1.807) is 4.90 Å². The first-order valence-electron chi connectivity index (χ1n) is 6.40. The molecule has 3 nitrogen and oxygen atoms in total. The summed E-state index contributed by atoms with van der Waals surface area (Å²) in [4.78, 5) is 13.7. The van der Waals surface area contributed by atoms with Crippen LogP contribution in [0.5, 0.6) is 0 Å². The van der Waals surface area contributed by atoms with Crippen molar-refractivity contribution in [2.75, 3.05) is 25.6 Å². The molecule has 0 saturated heterocycles. The van der Waals surface area contributed by atoms with Crippen molar-refractivity contribution in [3.8, 4) is 0 Å². The SMILES string of the molecule is C/C=C(/c1ccccc1)N(CCOCC)C(=O)CCl. The highest BCUT2D eigenvalue weighted by Crippen LogP contribution is 2.19. The lowest BCUT2D eigenvalue weighted by molar-refractivity contribution is -0.125. The third-order valence-corrected chi connectivity index (χ3v) is 2.94. The topological polar surface area (TPSA) is 29.5 Å². The van der Waals surface area contributed by atoms with Crippen molar-refractivity contribution in [3.63, 3.8) is 0 Å². The number of carbonyl (C=O) groups excluding carboxylic acids is 1. The van der Waals surface area contributed by atoms with E-state index in [4.69, 9.17) is 16.3 Å². The Morgan fingerprint density at radius 3 is 2.58 bits per heavy atom. The van der Waals surface area contributed by atoms with Gasteiger partial charge >= 0.3 is 0 Å². The Hall–Kier alpha value is -1.32. The second kappa shape index (κ2) is 8.73. The first kappa shape index (κ1) is 15.7. The van der Waals surface area contributed by atoms with Crippen LogP contribution in [-0.4, -0.2) is 36.4 Å². The van der Waals surface area contributed by atoms with E-state index < -0.39 is 0 Å². The minimum Gasteiger partial charge on any atom is -0.380 e. The Morgan fingerprint density at radius 2 is 2.05 bits per heavy atom. The third-order valence-electron chi connectivity index (χ3n) is 2.71. The maximum atomic E-state index is 12.0. The lowest BCUT2D eigenvalue weighted by atomic mass is 10.1. The lowest BCUT2D eigenvalue weighted by Gasteiger charge is -2.25. The van der Waals surface area contributed by atoms with E-state index in [1.165, 1.54) is 0 Å². The summed E-state index contributed by atoms with van der Waals surface area (Å²) in [7, 11) is 0. The van der Waals surface area contributed by atoms with E-state index in [0.717, 1.165) is 11.3 Å². The molecule has 0 bridgehead atoms. The molecule has 1 rings (SSSR count). The minimum absolute atomic E-state index is 0.0314. The summed E-state index contributed by atoms with van der Waals surface area (Å²) >= 11 is 5.69. The molecule has 0 aliphatic carbocycles. The van der Waals surface area contributed by atoms with Gasteiger partial charge in [0.1, 0.15) is 5.88 Å². The van der Waals surface area contributed by atoms with Gasteiger partial charge in [-0.25, -0.2) is 0 Å². The number of amides is 1. The highest BCUT2D eigenvalue weighted by molar-refractivity contribution is 6.27. The summed E-state index contributed by atoms with van der Waals surface area (Å²) in [6, 6.07) is 9.80. The Labute approximate surface area is 119 Å². The zero-order valence-corrected chi connectivity index (χ0v) is 12.2. The Bertz CT molecular complexity index is 417. The van der Waals surface area contributed by atoms with Crippen LogP contribution in [0.3, 0.4) is 0 Å². The van der Waals surface area contributed by atoms with Crippen LogP contribution in [-0.2, 0) is 9.53 Å². The van der Waals surface area contributed by atoms with E-state index in [9.17, 15) is 4.79 Å². The quantitative estimate of drug-likeness (QED) is 0.568. The lowest BCUT2D eigenvalue weighted by Crippen LogP contribution is -2.33. The van der Waals surface area contributed by atoms with Crippen molar-refractivity contribution in [1.29, 1.82) is 0 Å². The van der Waals surface area contributed by atoms with Crippen LogP contribution in [0.1, 0.15) is 19.4 Å². The van der Waals surface area contributed by atoms with Crippen molar-refractivity contribution < 1.29 is 9.53 Å². The molecule has 4 heteroatoms.